The number of carbonyl (C=O) groups is 1. The third-order valence-electron chi connectivity index (χ3n) is 3.27. The Balaban J connectivity index is 2.10. The van der Waals surface area contributed by atoms with E-state index in [1.165, 1.54) is 11.1 Å². The van der Waals surface area contributed by atoms with Gasteiger partial charge in [0.1, 0.15) is 0 Å². The van der Waals surface area contributed by atoms with Crippen LogP contribution in [0.4, 0.5) is 0 Å². The van der Waals surface area contributed by atoms with E-state index in [2.05, 4.69) is 29.6 Å². The van der Waals surface area contributed by atoms with E-state index in [4.69, 9.17) is 0 Å². The van der Waals surface area contributed by atoms with Crippen LogP contribution < -0.4 is 5.32 Å². The van der Waals surface area contributed by atoms with Crippen molar-refractivity contribution in [3.63, 3.8) is 0 Å². The zero-order chi connectivity index (χ0) is 13.5. The zero-order valence-electron chi connectivity index (χ0n) is 11.2. The van der Waals surface area contributed by atoms with E-state index in [1.807, 2.05) is 36.4 Å². The lowest BCUT2D eigenvalue weighted by Gasteiger charge is -2.15. The van der Waals surface area contributed by atoms with Crippen molar-refractivity contribution in [1.29, 1.82) is 0 Å². The smallest absolute Gasteiger partial charge is 0.223 e. The van der Waals surface area contributed by atoms with Crippen molar-refractivity contribution in [3.8, 4) is 0 Å². The summed E-state index contributed by atoms with van der Waals surface area (Å²) in [5.74, 6) is 0.0857. The van der Waals surface area contributed by atoms with Crippen LogP contribution >= 0.6 is 0 Å². The van der Waals surface area contributed by atoms with Crippen LogP contribution in [0.1, 0.15) is 11.1 Å². The first-order valence-corrected chi connectivity index (χ1v) is 6.59. The number of benzene rings is 2. The standard InChI is InChI=1S/C17H19NO/c1-18-17(19)16(12-14-8-4-2-5-9-14)13-15-10-6-3-7-11-15/h2-11,16H,12-13H2,1H3,(H,18,19). The second-order valence-corrected chi connectivity index (χ2v) is 4.69. The van der Waals surface area contributed by atoms with E-state index in [0.717, 1.165) is 12.8 Å². The van der Waals surface area contributed by atoms with Crippen LogP contribution in [0.15, 0.2) is 60.7 Å². The molecule has 2 aromatic carbocycles. The summed E-state index contributed by atoms with van der Waals surface area (Å²) < 4.78 is 0. The molecule has 98 valence electrons. The summed E-state index contributed by atoms with van der Waals surface area (Å²) in [6.45, 7) is 0. The van der Waals surface area contributed by atoms with E-state index < -0.39 is 0 Å². The largest absolute Gasteiger partial charge is 0.359 e. The van der Waals surface area contributed by atoms with Crippen molar-refractivity contribution in [1.82, 2.24) is 5.32 Å². The highest BCUT2D eigenvalue weighted by Crippen LogP contribution is 2.15. The Bertz CT molecular complexity index is 466. The van der Waals surface area contributed by atoms with Gasteiger partial charge in [0.05, 0.1) is 0 Å². The average molecular weight is 253 g/mol. The molecule has 0 unspecified atom stereocenters. The minimum absolute atomic E-state index is 0.0187. The molecule has 2 rings (SSSR count). The van der Waals surface area contributed by atoms with Crippen LogP contribution in [0.2, 0.25) is 0 Å². The lowest BCUT2D eigenvalue weighted by atomic mass is 9.92. The zero-order valence-corrected chi connectivity index (χ0v) is 11.2. The van der Waals surface area contributed by atoms with Gasteiger partial charge in [-0.05, 0) is 24.0 Å². The number of hydrogen-bond acceptors (Lipinski definition) is 1. The highest BCUT2D eigenvalue weighted by Gasteiger charge is 2.18. The molecule has 1 amide bonds. The molecule has 2 heteroatoms. The molecule has 0 aromatic heterocycles. The van der Waals surface area contributed by atoms with Crippen LogP contribution in [0, 0.1) is 5.92 Å². The minimum atomic E-state index is -0.0187. The molecule has 0 aliphatic heterocycles. The fraction of sp³-hybridized carbons (Fsp3) is 0.235. The van der Waals surface area contributed by atoms with Crippen LogP contribution in [0.5, 0.6) is 0 Å². The molecule has 0 aliphatic carbocycles. The third kappa shape index (κ3) is 3.95. The Kier molecular flexibility index (Phi) is 4.73. The Morgan fingerprint density at radius 3 is 1.68 bits per heavy atom. The van der Waals surface area contributed by atoms with Crippen LogP contribution in [-0.4, -0.2) is 13.0 Å². The van der Waals surface area contributed by atoms with Gasteiger partial charge in [0.2, 0.25) is 5.91 Å². The Hall–Kier alpha value is -2.09. The SMILES string of the molecule is CNC(=O)C(Cc1ccccc1)Cc1ccccc1. The Morgan fingerprint density at radius 2 is 1.32 bits per heavy atom. The van der Waals surface area contributed by atoms with Gasteiger partial charge < -0.3 is 5.32 Å². The topological polar surface area (TPSA) is 29.1 Å². The molecule has 0 radical (unpaired) electrons. The molecule has 0 saturated heterocycles. The van der Waals surface area contributed by atoms with E-state index in [9.17, 15) is 4.79 Å². The first kappa shape index (κ1) is 13.3. The first-order chi connectivity index (χ1) is 9.29. The quantitative estimate of drug-likeness (QED) is 0.872. The number of nitrogens with one attached hydrogen (secondary N) is 1. The Morgan fingerprint density at radius 1 is 0.895 bits per heavy atom. The molecule has 0 heterocycles. The maximum atomic E-state index is 12.0. The highest BCUT2D eigenvalue weighted by atomic mass is 16.1. The second-order valence-electron chi connectivity index (χ2n) is 4.69. The van der Waals surface area contributed by atoms with E-state index >= 15 is 0 Å². The van der Waals surface area contributed by atoms with Gasteiger partial charge >= 0.3 is 0 Å². The van der Waals surface area contributed by atoms with Crippen molar-refractivity contribution >= 4 is 5.91 Å². The van der Waals surface area contributed by atoms with Gasteiger partial charge in [-0.1, -0.05) is 60.7 Å². The number of rotatable bonds is 5. The van der Waals surface area contributed by atoms with E-state index in [0.29, 0.717) is 0 Å². The predicted molar refractivity (Wildman–Crippen MR) is 77.8 cm³/mol. The monoisotopic (exact) mass is 253 g/mol. The molecular weight excluding hydrogens is 234 g/mol. The molecule has 0 bridgehead atoms. The summed E-state index contributed by atoms with van der Waals surface area (Å²) in [5, 5.41) is 2.77. The fourth-order valence-electron chi connectivity index (χ4n) is 2.26. The van der Waals surface area contributed by atoms with Gasteiger partial charge in [0.25, 0.3) is 0 Å². The fourth-order valence-corrected chi connectivity index (χ4v) is 2.26. The van der Waals surface area contributed by atoms with Gasteiger partial charge in [-0.3, -0.25) is 4.79 Å². The minimum Gasteiger partial charge on any atom is -0.359 e. The molecule has 0 aliphatic rings. The van der Waals surface area contributed by atoms with Gasteiger partial charge in [-0.2, -0.15) is 0 Å². The lowest BCUT2D eigenvalue weighted by molar-refractivity contribution is -0.124. The summed E-state index contributed by atoms with van der Waals surface area (Å²) in [6.07, 6.45) is 1.55. The van der Waals surface area contributed by atoms with E-state index in [1.54, 1.807) is 7.05 Å². The van der Waals surface area contributed by atoms with Crippen molar-refractivity contribution in [3.05, 3.63) is 71.8 Å². The molecule has 0 spiro atoms. The van der Waals surface area contributed by atoms with Gasteiger partial charge in [0.15, 0.2) is 0 Å². The van der Waals surface area contributed by atoms with Gasteiger partial charge in [-0.25, -0.2) is 0 Å². The molecule has 2 aromatic rings. The summed E-state index contributed by atoms with van der Waals surface area (Å²) in [6, 6.07) is 20.3. The maximum absolute atomic E-state index is 12.0. The number of amides is 1. The molecule has 1 N–H and O–H groups in total. The third-order valence-corrected chi connectivity index (χ3v) is 3.27. The molecular formula is C17H19NO. The summed E-state index contributed by atoms with van der Waals surface area (Å²) >= 11 is 0. The number of hydrogen-bond donors (Lipinski definition) is 1. The normalized spacial score (nSPS) is 10.4. The second kappa shape index (κ2) is 6.74. The van der Waals surface area contributed by atoms with Crippen LogP contribution in [0.3, 0.4) is 0 Å². The molecule has 0 atom stereocenters. The molecule has 2 nitrogen and oxygen atoms in total. The van der Waals surface area contributed by atoms with Gasteiger partial charge in [0, 0.05) is 13.0 Å². The maximum Gasteiger partial charge on any atom is 0.223 e. The van der Waals surface area contributed by atoms with Crippen LogP contribution in [0.25, 0.3) is 0 Å². The van der Waals surface area contributed by atoms with Crippen LogP contribution in [-0.2, 0) is 17.6 Å². The molecule has 0 fully saturated rings. The van der Waals surface area contributed by atoms with Crippen molar-refractivity contribution in [2.45, 2.75) is 12.8 Å². The molecule has 0 saturated carbocycles. The predicted octanol–water partition coefficient (Wildman–Crippen LogP) is 2.83. The van der Waals surface area contributed by atoms with Crippen molar-refractivity contribution in [2.75, 3.05) is 7.05 Å². The highest BCUT2D eigenvalue weighted by molar-refractivity contribution is 5.79. The lowest BCUT2D eigenvalue weighted by Crippen LogP contribution is -2.30. The van der Waals surface area contributed by atoms with Gasteiger partial charge in [-0.15, -0.1) is 0 Å². The summed E-state index contributed by atoms with van der Waals surface area (Å²) in [4.78, 5) is 12.0. The van der Waals surface area contributed by atoms with E-state index in [-0.39, 0.29) is 11.8 Å². The first-order valence-electron chi connectivity index (χ1n) is 6.59. The van der Waals surface area contributed by atoms with Crippen molar-refractivity contribution in [2.24, 2.45) is 5.92 Å². The number of carbonyl (C=O) groups excluding carboxylic acids is 1. The van der Waals surface area contributed by atoms with Crippen molar-refractivity contribution < 1.29 is 4.79 Å². The molecule has 19 heavy (non-hydrogen) atoms. The Labute approximate surface area is 114 Å². The summed E-state index contributed by atoms with van der Waals surface area (Å²) in [7, 11) is 1.70. The average Bonchev–Trinajstić information content (AvgIpc) is 2.48. The summed E-state index contributed by atoms with van der Waals surface area (Å²) in [5.41, 5.74) is 2.40.